The second-order valence-electron chi connectivity index (χ2n) is 2.80. The topological polar surface area (TPSA) is 54.7 Å². The Kier molecular flexibility index (Phi) is 2.40. The monoisotopic (exact) mass is 303 g/mol. The summed E-state index contributed by atoms with van der Waals surface area (Å²) >= 11 is 2.19. The molecule has 14 heavy (non-hydrogen) atoms. The van der Waals surface area contributed by atoms with Crippen molar-refractivity contribution in [1.82, 2.24) is 10.2 Å². The molecular formula is C9H7FIN3. The van der Waals surface area contributed by atoms with E-state index in [1.54, 1.807) is 0 Å². The fraction of sp³-hybridized carbons (Fsp3) is 0. The third-order valence-electron chi connectivity index (χ3n) is 1.87. The zero-order valence-electron chi connectivity index (χ0n) is 7.09. The zero-order valence-corrected chi connectivity index (χ0v) is 9.25. The van der Waals surface area contributed by atoms with Crippen LogP contribution in [0.25, 0.3) is 11.3 Å². The van der Waals surface area contributed by atoms with Crippen molar-refractivity contribution in [3.05, 3.63) is 33.7 Å². The van der Waals surface area contributed by atoms with Gasteiger partial charge < -0.3 is 5.73 Å². The molecule has 0 radical (unpaired) electrons. The van der Waals surface area contributed by atoms with E-state index < -0.39 is 5.82 Å². The summed E-state index contributed by atoms with van der Waals surface area (Å²) in [5.74, 6) is -0.593. The predicted octanol–water partition coefficient (Wildman–Crippen LogP) is 2.40. The Labute approximate surface area is 93.7 Å². The molecular weight excluding hydrogens is 296 g/mol. The van der Waals surface area contributed by atoms with Gasteiger partial charge >= 0.3 is 0 Å². The number of benzene rings is 1. The average molecular weight is 303 g/mol. The fourth-order valence-corrected chi connectivity index (χ4v) is 1.51. The number of halogens is 2. The second-order valence-corrected chi connectivity index (χ2v) is 4.05. The Bertz CT molecular complexity index is 450. The lowest BCUT2D eigenvalue weighted by molar-refractivity contribution is 0.636. The normalized spacial score (nSPS) is 10.4. The molecule has 5 heteroatoms. The first-order chi connectivity index (χ1) is 6.68. The summed E-state index contributed by atoms with van der Waals surface area (Å²) in [4.78, 5) is 0. The van der Waals surface area contributed by atoms with Gasteiger partial charge in [-0.3, -0.25) is 5.10 Å². The number of nitrogen functional groups attached to an aromatic ring is 1. The van der Waals surface area contributed by atoms with Crippen LogP contribution in [-0.2, 0) is 0 Å². The second kappa shape index (κ2) is 3.56. The molecule has 0 saturated heterocycles. The minimum atomic E-state index is -0.494. The molecule has 3 nitrogen and oxygen atoms in total. The van der Waals surface area contributed by atoms with Crippen LogP contribution in [0.5, 0.6) is 0 Å². The van der Waals surface area contributed by atoms with Gasteiger partial charge in [-0.1, -0.05) is 12.1 Å². The van der Waals surface area contributed by atoms with E-state index in [2.05, 4.69) is 32.8 Å². The molecule has 3 N–H and O–H groups in total. The molecule has 0 fully saturated rings. The molecule has 2 rings (SSSR count). The van der Waals surface area contributed by atoms with E-state index in [-0.39, 0.29) is 5.82 Å². The first-order valence-corrected chi connectivity index (χ1v) is 5.01. The Balaban J connectivity index is 2.49. The molecule has 72 valence electrons. The number of nitrogens with zero attached hydrogens (tertiary/aromatic N) is 1. The van der Waals surface area contributed by atoms with E-state index in [0.29, 0.717) is 5.69 Å². The van der Waals surface area contributed by atoms with Crippen molar-refractivity contribution in [3.8, 4) is 11.3 Å². The zero-order chi connectivity index (χ0) is 10.1. The van der Waals surface area contributed by atoms with Crippen LogP contribution in [0.2, 0.25) is 0 Å². The van der Waals surface area contributed by atoms with E-state index >= 15 is 0 Å². The number of hydrogen-bond acceptors (Lipinski definition) is 2. The highest BCUT2D eigenvalue weighted by Gasteiger charge is 2.11. The lowest BCUT2D eigenvalue weighted by Gasteiger charge is -1.97. The molecule has 0 aliphatic carbocycles. The predicted molar refractivity (Wildman–Crippen MR) is 61.1 cm³/mol. The van der Waals surface area contributed by atoms with Gasteiger partial charge in [-0.25, -0.2) is 4.39 Å². The van der Waals surface area contributed by atoms with Crippen molar-refractivity contribution in [2.45, 2.75) is 0 Å². The van der Waals surface area contributed by atoms with Crippen LogP contribution < -0.4 is 5.73 Å². The standard InChI is InChI=1S/C9H7FIN3/c10-7-8(13-14-9(7)12)5-1-3-6(11)4-2-5/h1-4H,(H3,12,13,14). The van der Waals surface area contributed by atoms with Gasteiger partial charge in [-0.15, -0.1) is 0 Å². The van der Waals surface area contributed by atoms with Gasteiger partial charge in [0.15, 0.2) is 11.6 Å². The number of rotatable bonds is 1. The minimum absolute atomic E-state index is 0.0986. The molecule has 0 aliphatic heterocycles. The minimum Gasteiger partial charge on any atom is -0.380 e. The number of H-pyrrole nitrogens is 1. The van der Waals surface area contributed by atoms with Gasteiger partial charge in [0.25, 0.3) is 0 Å². The smallest absolute Gasteiger partial charge is 0.192 e. The van der Waals surface area contributed by atoms with Crippen molar-refractivity contribution >= 4 is 28.4 Å². The van der Waals surface area contributed by atoms with Gasteiger partial charge in [0.05, 0.1) is 0 Å². The maximum atomic E-state index is 13.3. The van der Waals surface area contributed by atoms with Crippen molar-refractivity contribution in [2.75, 3.05) is 5.73 Å². The first kappa shape index (κ1) is 9.45. The van der Waals surface area contributed by atoms with E-state index in [1.807, 2.05) is 24.3 Å². The van der Waals surface area contributed by atoms with Crippen molar-refractivity contribution in [1.29, 1.82) is 0 Å². The van der Waals surface area contributed by atoms with Crippen LogP contribution in [-0.4, -0.2) is 10.2 Å². The Morgan fingerprint density at radius 2 is 1.93 bits per heavy atom. The molecule has 0 spiro atoms. The van der Waals surface area contributed by atoms with Gasteiger partial charge in [0, 0.05) is 9.13 Å². The molecule has 0 atom stereocenters. The summed E-state index contributed by atoms with van der Waals surface area (Å²) < 4.78 is 14.4. The van der Waals surface area contributed by atoms with Crippen molar-refractivity contribution < 1.29 is 4.39 Å². The van der Waals surface area contributed by atoms with Crippen LogP contribution in [0, 0.1) is 9.39 Å². The quantitative estimate of drug-likeness (QED) is 0.795. The lowest BCUT2D eigenvalue weighted by atomic mass is 10.1. The summed E-state index contributed by atoms with van der Waals surface area (Å²) in [7, 11) is 0. The highest BCUT2D eigenvalue weighted by molar-refractivity contribution is 14.1. The number of anilines is 1. The van der Waals surface area contributed by atoms with Crippen molar-refractivity contribution in [3.63, 3.8) is 0 Å². The van der Waals surface area contributed by atoms with E-state index in [1.165, 1.54) is 0 Å². The highest BCUT2D eigenvalue weighted by atomic mass is 127. The van der Waals surface area contributed by atoms with Crippen LogP contribution in [0.4, 0.5) is 10.2 Å². The molecule has 0 unspecified atom stereocenters. The Morgan fingerprint density at radius 3 is 2.43 bits per heavy atom. The third kappa shape index (κ3) is 1.59. The lowest BCUT2D eigenvalue weighted by Crippen LogP contribution is -1.87. The summed E-state index contributed by atoms with van der Waals surface area (Å²) in [5.41, 5.74) is 6.36. The number of nitrogens with two attached hydrogens (primary N) is 1. The molecule has 1 aromatic carbocycles. The van der Waals surface area contributed by atoms with Gasteiger partial charge in [0.1, 0.15) is 5.69 Å². The molecule has 1 heterocycles. The summed E-state index contributed by atoms with van der Waals surface area (Å²) in [5, 5.41) is 6.15. The van der Waals surface area contributed by atoms with Gasteiger partial charge in [-0.05, 0) is 34.7 Å². The fourth-order valence-electron chi connectivity index (χ4n) is 1.15. The SMILES string of the molecule is Nc1n[nH]c(-c2ccc(I)cc2)c1F. The maximum absolute atomic E-state index is 13.3. The highest BCUT2D eigenvalue weighted by Crippen LogP contribution is 2.23. The van der Waals surface area contributed by atoms with Crippen LogP contribution in [0.3, 0.4) is 0 Å². The molecule has 0 bridgehead atoms. The number of aromatic amines is 1. The summed E-state index contributed by atoms with van der Waals surface area (Å²) in [6.45, 7) is 0. The Morgan fingerprint density at radius 1 is 1.29 bits per heavy atom. The third-order valence-corrected chi connectivity index (χ3v) is 2.58. The molecule has 2 aromatic rings. The van der Waals surface area contributed by atoms with Crippen LogP contribution in [0.1, 0.15) is 0 Å². The number of nitrogens with one attached hydrogen (secondary N) is 1. The van der Waals surface area contributed by atoms with E-state index in [4.69, 9.17) is 5.73 Å². The maximum Gasteiger partial charge on any atom is 0.192 e. The van der Waals surface area contributed by atoms with E-state index in [9.17, 15) is 4.39 Å². The van der Waals surface area contributed by atoms with Crippen molar-refractivity contribution in [2.24, 2.45) is 0 Å². The summed E-state index contributed by atoms with van der Waals surface area (Å²) in [6, 6.07) is 7.42. The largest absolute Gasteiger partial charge is 0.380 e. The van der Waals surface area contributed by atoms with Gasteiger partial charge in [-0.2, -0.15) is 5.10 Å². The first-order valence-electron chi connectivity index (χ1n) is 3.94. The van der Waals surface area contributed by atoms with Gasteiger partial charge in [0.2, 0.25) is 0 Å². The molecule has 0 aliphatic rings. The number of hydrogen-bond donors (Lipinski definition) is 2. The molecule has 0 saturated carbocycles. The molecule has 0 amide bonds. The van der Waals surface area contributed by atoms with E-state index in [0.717, 1.165) is 9.13 Å². The average Bonchev–Trinajstić information content (AvgIpc) is 2.50. The number of aromatic nitrogens is 2. The Hall–Kier alpha value is -1.11. The molecule has 1 aromatic heterocycles. The van der Waals surface area contributed by atoms with Crippen LogP contribution >= 0.6 is 22.6 Å². The summed E-state index contributed by atoms with van der Waals surface area (Å²) in [6.07, 6.45) is 0. The van der Waals surface area contributed by atoms with Crippen LogP contribution in [0.15, 0.2) is 24.3 Å².